The number of hydrogen-bond acceptors (Lipinski definition) is 5. The normalized spacial score (nSPS) is 13.2. The molecule has 86 valence electrons. The fourth-order valence-corrected chi connectivity index (χ4v) is 2.57. The number of aromatic amines is 1. The van der Waals surface area contributed by atoms with Gasteiger partial charge in [0.05, 0.1) is 6.54 Å². The van der Waals surface area contributed by atoms with Gasteiger partial charge in [0.1, 0.15) is 0 Å². The van der Waals surface area contributed by atoms with Gasteiger partial charge in [-0.15, -0.1) is 21.5 Å². The Bertz CT molecular complexity index is 395. The largest absolute Gasteiger partial charge is 0.302 e. The molecule has 1 atom stereocenters. The minimum absolute atomic E-state index is 0.346. The van der Waals surface area contributed by atoms with Crippen LogP contribution in [0, 0.1) is 5.92 Å². The van der Waals surface area contributed by atoms with Crippen molar-refractivity contribution in [2.24, 2.45) is 5.92 Å². The maximum Gasteiger partial charge on any atom is 0.188 e. The van der Waals surface area contributed by atoms with Gasteiger partial charge in [-0.1, -0.05) is 25.1 Å². The molecule has 0 saturated heterocycles. The highest BCUT2D eigenvalue weighted by molar-refractivity contribution is 7.10. The van der Waals surface area contributed by atoms with E-state index in [4.69, 9.17) is 0 Å². The van der Waals surface area contributed by atoms with Crippen LogP contribution in [0.4, 0.5) is 0 Å². The topological polar surface area (TPSA) is 66.5 Å². The summed E-state index contributed by atoms with van der Waals surface area (Å²) in [5, 5.41) is 19.4. The molecule has 2 rings (SSSR count). The SMILES string of the molecule is CC(C)C(NCc1nn[nH]n1)c1cccs1. The van der Waals surface area contributed by atoms with Crippen molar-refractivity contribution in [3.8, 4) is 0 Å². The van der Waals surface area contributed by atoms with Crippen LogP contribution in [0.1, 0.15) is 30.6 Å². The molecule has 2 N–H and O–H groups in total. The van der Waals surface area contributed by atoms with E-state index in [-0.39, 0.29) is 0 Å². The Hall–Kier alpha value is -1.27. The summed E-state index contributed by atoms with van der Waals surface area (Å²) in [6.07, 6.45) is 0. The first-order chi connectivity index (χ1) is 7.77. The van der Waals surface area contributed by atoms with E-state index in [2.05, 4.69) is 57.3 Å². The molecule has 0 spiro atoms. The molecule has 0 amide bonds. The van der Waals surface area contributed by atoms with E-state index in [0.717, 1.165) is 0 Å². The monoisotopic (exact) mass is 237 g/mol. The Balaban J connectivity index is 1.99. The molecular weight excluding hydrogens is 222 g/mol. The van der Waals surface area contributed by atoms with Gasteiger partial charge in [0.25, 0.3) is 0 Å². The van der Waals surface area contributed by atoms with Gasteiger partial charge in [-0.05, 0) is 17.4 Å². The minimum Gasteiger partial charge on any atom is -0.302 e. The highest BCUT2D eigenvalue weighted by Crippen LogP contribution is 2.25. The van der Waals surface area contributed by atoms with E-state index in [1.165, 1.54) is 4.88 Å². The molecule has 0 saturated carbocycles. The van der Waals surface area contributed by atoms with Crippen molar-refractivity contribution in [1.82, 2.24) is 25.9 Å². The van der Waals surface area contributed by atoms with Crippen LogP contribution in [-0.4, -0.2) is 20.6 Å². The van der Waals surface area contributed by atoms with Gasteiger partial charge in [0, 0.05) is 10.9 Å². The summed E-state index contributed by atoms with van der Waals surface area (Å²) in [5.41, 5.74) is 0. The molecular formula is C10H15N5S. The van der Waals surface area contributed by atoms with Crippen LogP contribution in [0.25, 0.3) is 0 Å². The second kappa shape index (κ2) is 5.18. The van der Waals surface area contributed by atoms with Gasteiger partial charge >= 0.3 is 0 Å². The van der Waals surface area contributed by atoms with E-state index in [1.54, 1.807) is 11.3 Å². The lowest BCUT2D eigenvalue weighted by molar-refractivity contribution is 0.411. The van der Waals surface area contributed by atoms with Crippen molar-refractivity contribution in [1.29, 1.82) is 0 Å². The Morgan fingerprint density at radius 3 is 2.94 bits per heavy atom. The molecule has 0 aromatic carbocycles. The number of aromatic nitrogens is 4. The van der Waals surface area contributed by atoms with E-state index in [9.17, 15) is 0 Å². The zero-order chi connectivity index (χ0) is 11.4. The van der Waals surface area contributed by atoms with Crippen molar-refractivity contribution in [3.63, 3.8) is 0 Å². The predicted molar refractivity (Wildman–Crippen MR) is 62.9 cm³/mol. The Morgan fingerprint density at radius 1 is 1.50 bits per heavy atom. The lowest BCUT2D eigenvalue weighted by atomic mass is 10.0. The smallest absolute Gasteiger partial charge is 0.188 e. The molecule has 6 heteroatoms. The molecule has 0 fully saturated rings. The van der Waals surface area contributed by atoms with Gasteiger partial charge in [0.2, 0.25) is 0 Å². The fraction of sp³-hybridized carbons (Fsp3) is 0.500. The molecule has 2 aromatic heterocycles. The van der Waals surface area contributed by atoms with Crippen LogP contribution < -0.4 is 5.32 Å². The van der Waals surface area contributed by atoms with Crippen molar-refractivity contribution in [3.05, 3.63) is 28.2 Å². The van der Waals surface area contributed by atoms with Crippen LogP contribution in [0.15, 0.2) is 17.5 Å². The summed E-state index contributed by atoms with van der Waals surface area (Å²) in [5.74, 6) is 1.23. The predicted octanol–water partition coefficient (Wildman–Crippen LogP) is 1.75. The fourth-order valence-electron chi connectivity index (χ4n) is 1.59. The summed E-state index contributed by atoms with van der Waals surface area (Å²) < 4.78 is 0. The van der Waals surface area contributed by atoms with Crippen molar-refractivity contribution < 1.29 is 0 Å². The molecule has 0 bridgehead atoms. The average Bonchev–Trinajstić information content (AvgIpc) is 2.88. The van der Waals surface area contributed by atoms with Crippen molar-refractivity contribution in [2.45, 2.75) is 26.4 Å². The maximum atomic E-state index is 3.92. The van der Waals surface area contributed by atoms with Gasteiger partial charge in [-0.25, -0.2) is 0 Å². The number of nitrogens with zero attached hydrogens (tertiary/aromatic N) is 3. The average molecular weight is 237 g/mol. The van der Waals surface area contributed by atoms with Gasteiger partial charge in [0.15, 0.2) is 5.82 Å². The quantitative estimate of drug-likeness (QED) is 0.831. The number of rotatable bonds is 5. The van der Waals surface area contributed by atoms with Crippen LogP contribution in [0.3, 0.4) is 0 Å². The molecule has 5 nitrogen and oxygen atoms in total. The summed E-state index contributed by atoms with van der Waals surface area (Å²) >= 11 is 1.77. The number of thiophene rings is 1. The number of H-pyrrole nitrogens is 1. The third kappa shape index (κ3) is 2.65. The van der Waals surface area contributed by atoms with Crippen LogP contribution in [0.2, 0.25) is 0 Å². The van der Waals surface area contributed by atoms with Gasteiger partial charge < -0.3 is 5.32 Å². The van der Waals surface area contributed by atoms with E-state index >= 15 is 0 Å². The lowest BCUT2D eigenvalue weighted by Gasteiger charge is -2.20. The number of tetrazole rings is 1. The Morgan fingerprint density at radius 2 is 2.38 bits per heavy atom. The molecule has 0 radical (unpaired) electrons. The summed E-state index contributed by atoms with van der Waals surface area (Å²) in [6, 6.07) is 4.57. The lowest BCUT2D eigenvalue weighted by Crippen LogP contribution is -2.25. The van der Waals surface area contributed by atoms with Crippen LogP contribution in [-0.2, 0) is 6.54 Å². The number of nitrogens with one attached hydrogen (secondary N) is 2. The summed E-state index contributed by atoms with van der Waals surface area (Å²) in [7, 11) is 0. The van der Waals surface area contributed by atoms with Gasteiger partial charge in [-0.3, -0.25) is 0 Å². The van der Waals surface area contributed by atoms with Crippen molar-refractivity contribution >= 4 is 11.3 Å². The standard InChI is InChI=1S/C10H15N5S/c1-7(2)10(8-4-3-5-16-8)11-6-9-12-14-15-13-9/h3-5,7,10-11H,6H2,1-2H3,(H,12,13,14,15). The summed E-state index contributed by atoms with van der Waals surface area (Å²) in [6.45, 7) is 5.04. The first-order valence-corrected chi connectivity index (χ1v) is 6.14. The van der Waals surface area contributed by atoms with Crippen LogP contribution in [0.5, 0.6) is 0 Å². The molecule has 0 aliphatic heterocycles. The zero-order valence-corrected chi connectivity index (χ0v) is 10.2. The molecule has 2 aromatic rings. The number of hydrogen-bond donors (Lipinski definition) is 2. The van der Waals surface area contributed by atoms with E-state index in [1.807, 2.05) is 0 Å². The highest BCUT2D eigenvalue weighted by Gasteiger charge is 2.16. The third-order valence-electron chi connectivity index (χ3n) is 2.39. The second-order valence-corrected chi connectivity index (χ2v) is 4.93. The summed E-state index contributed by atoms with van der Waals surface area (Å²) in [4.78, 5) is 1.35. The first kappa shape index (κ1) is 11.2. The zero-order valence-electron chi connectivity index (χ0n) is 9.34. The molecule has 0 aliphatic carbocycles. The van der Waals surface area contributed by atoms with Crippen molar-refractivity contribution in [2.75, 3.05) is 0 Å². The Kier molecular flexibility index (Phi) is 3.63. The molecule has 16 heavy (non-hydrogen) atoms. The van der Waals surface area contributed by atoms with E-state index < -0.39 is 0 Å². The second-order valence-electron chi connectivity index (χ2n) is 3.95. The third-order valence-corrected chi connectivity index (χ3v) is 3.34. The highest BCUT2D eigenvalue weighted by atomic mass is 32.1. The maximum absolute atomic E-state index is 3.92. The first-order valence-electron chi connectivity index (χ1n) is 5.26. The molecule has 1 unspecified atom stereocenters. The minimum atomic E-state index is 0.346. The van der Waals surface area contributed by atoms with E-state index in [0.29, 0.717) is 24.3 Å². The Labute approximate surface area is 98.3 Å². The van der Waals surface area contributed by atoms with Gasteiger partial charge in [-0.2, -0.15) is 5.21 Å². The molecule has 2 heterocycles. The molecule has 0 aliphatic rings. The van der Waals surface area contributed by atoms with Crippen LogP contribution >= 0.6 is 11.3 Å².